The number of anilines is 1. The normalized spacial score (nSPS) is 21.6. The fraction of sp³-hybridized carbons (Fsp3) is 0.462. The predicted molar refractivity (Wildman–Crippen MR) is 65.5 cm³/mol. The molecule has 0 saturated heterocycles. The number of rotatable bonds is 3. The Hall–Kier alpha value is -1.71. The molecule has 0 bridgehead atoms. The highest BCUT2D eigenvalue weighted by molar-refractivity contribution is 5.73. The summed E-state index contributed by atoms with van der Waals surface area (Å²) < 4.78 is 9.94. The minimum absolute atomic E-state index is 0.146. The quantitative estimate of drug-likeness (QED) is 0.815. The predicted octanol–water partition coefficient (Wildman–Crippen LogP) is 2.16. The van der Waals surface area contributed by atoms with Gasteiger partial charge in [0, 0.05) is 17.6 Å². The highest BCUT2D eigenvalue weighted by Gasteiger charge is 2.31. The second-order valence-corrected chi connectivity index (χ2v) is 4.27. The third kappa shape index (κ3) is 2.20. The first-order valence-corrected chi connectivity index (χ1v) is 5.67. The molecule has 2 unspecified atom stereocenters. The molecular formula is C13H17NO3. The summed E-state index contributed by atoms with van der Waals surface area (Å²) in [6, 6.07) is 6.12. The summed E-state index contributed by atoms with van der Waals surface area (Å²) in [4.78, 5) is 11.4. The van der Waals surface area contributed by atoms with E-state index in [0.29, 0.717) is 6.42 Å². The van der Waals surface area contributed by atoms with E-state index in [1.54, 1.807) is 7.11 Å². The average molecular weight is 235 g/mol. The van der Waals surface area contributed by atoms with E-state index in [1.807, 2.05) is 18.2 Å². The van der Waals surface area contributed by atoms with Crippen molar-refractivity contribution in [3.63, 3.8) is 0 Å². The number of nitrogens with one attached hydrogen (secondary N) is 1. The summed E-state index contributed by atoms with van der Waals surface area (Å²) >= 11 is 0. The van der Waals surface area contributed by atoms with E-state index >= 15 is 0 Å². The summed E-state index contributed by atoms with van der Waals surface area (Å²) in [7, 11) is 3.06. The first-order valence-electron chi connectivity index (χ1n) is 5.67. The first kappa shape index (κ1) is 11.8. The number of esters is 1. The largest absolute Gasteiger partial charge is 0.497 e. The van der Waals surface area contributed by atoms with Crippen molar-refractivity contribution in [3.05, 3.63) is 23.8 Å². The van der Waals surface area contributed by atoms with Crippen LogP contribution in [0.5, 0.6) is 5.75 Å². The third-order valence-electron chi connectivity index (χ3n) is 3.26. The molecule has 0 radical (unpaired) electrons. The second kappa shape index (κ2) is 4.65. The minimum Gasteiger partial charge on any atom is -0.497 e. The van der Waals surface area contributed by atoms with E-state index < -0.39 is 0 Å². The number of carbonyl (C=O) groups is 1. The molecule has 2 atom stereocenters. The molecule has 1 aliphatic rings. The molecule has 1 aromatic carbocycles. The van der Waals surface area contributed by atoms with Crippen LogP contribution < -0.4 is 10.1 Å². The van der Waals surface area contributed by atoms with Gasteiger partial charge in [0.2, 0.25) is 0 Å². The molecule has 0 saturated carbocycles. The molecule has 0 aliphatic carbocycles. The molecule has 4 heteroatoms. The van der Waals surface area contributed by atoms with Crippen LogP contribution >= 0.6 is 0 Å². The highest BCUT2D eigenvalue weighted by Crippen LogP contribution is 2.39. The monoisotopic (exact) mass is 235 g/mol. The van der Waals surface area contributed by atoms with E-state index in [0.717, 1.165) is 17.0 Å². The number of carbonyl (C=O) groups excluding carboxylic acids is 1. The van der Waals surface area contributed by atoms with Crippen molar-refractivity contribution in [2.45, 2.75) is 25.3 Å². The highest BCUT2D eigenvalue weighted by atomic mass is 16.5. The van der Waals surface area contributed by atoms with Gasteiger partial charge in [-0.1, -0.05) is 0 Å². The Morgan fingerprint density at radius 2 is 2.18 bits per heavy atom. The molecule has 92 valence electrons. The third-order valence-corrected chi connectivity index (χ3v) is 3.26. The topological polar surface area (TPSA) is 47.6 Å². The van der Waals surface area contributed by atoms with Crippen molar-refractivity contribution in [3.8, 4) is 5.75 Å². The van der Waals surface area contributed by atoms with E-state index in [1.165, 1.54) is 7.11 Å². The maximum Gasteiger partial charge on any atom is 0.306 e. The van der Waals surface area contributed by atoms with Crippen molar-refractivity contribution < 1.29 is 14.3 Å². The van der Waals surface area contributed by atoms with Gasteiger partial charge in [-0.2, -0.15) is 0 Å². The molecule has 17 heavy (non-hydrogen) atoms. The fourth-order valence-corrected chi connectivity index (χ4v) is 2.27. The van der Waals surface area contributed by atoms with Crippen molar-refractivity contribution in [1.29, 1.82) is 0 Å². The Morgan fingerprint density at radius 1 is 1.41 bits per heavy atom. The Kier molecular flexibility index (Phi) is 3.22. The summed E-state index contributed by atoms with van der Waals surface area (Å²) in [5, 5.41) is 3.36. The van der Waals surface area contributed by atoms with Crippen LogP contribution in [0.2, 0.25) is 0 Å². The van der Waals surface area contributed by atoms with Crippen LogP contribution in [0.3, 0.4) is 0 Å². The van der Waals surface area contributed by atoms with Gasteiger partial charge in [0.15, 0.2) is 0 Å². The molecule has 1 heterocycles. The second-order valence-electron chi connectivity index (χ2n) is 4.27. The van der Waals surface area contributed by atoms with Crippen LogP contribution in [0.1, 0.15) is 24.8 Å². The van der Waals surface area contributed by atoms with Crippen molar-refractivity contribution in [2.24, 2.45) is 0 Å². The molecule has 1 N–H and O–H groups in total. The van der Waals surface area contributed by atoms with E-state index in [2.05, 4.69) is 12.2 Å². The van der Waals surface area contributed by atoms with E-state index in [9.17, 15) is 4.79 Å². The number of hydrogen-bond acceptors (Lipinski definition) is 4. The lowest BCUT2D eigenvalue weighted by molar-refractivity contribution is -0.141. The molecule has 1 aromatic rings. The molecular weight excluding hydrogens is 218 g/mol. The Balaban J connectivity index is 2.28. The van der Waals surface area contributed by atoms with Crippen LogP contribution in [0.15, 0.2) is 18.2 Å². The number of hydrogen-bond donors (Lipinski definition) is 1. The van der Waals surface area contributed by atoms with E-state index in [-0.39, 0.29) is 17.9 Å². The summed E-state index contributed by atoms with van der Waals surface area (Å²) in [6.07, 6.45) is 0.394. The Morgan fingerprint density at radius 3 is 2.82 bits per heavy atom. The van der Waals surface area contributed by atoms with Crippen LogP contribution in [0.4, 0.5) is 5.69 Å². The fourth-order valence-electron chi connectivity index (χ4n) is 2.27. The standard InChI is InChI=1S/C13H17NO3/c1-8-10(7-13(15)17-3)11-6-9(16-2)4-5-12(11)14-8/h4-6,8,10,14H,7H2,1-3H3. The zero-order valence-corrected chi connectivity index (χ0v) is 10.3. The van der Waals surface area contributed by atoms with Crippen LogP contribution in [-0.4, -0.2) is 26.2 Å². The van der Waals surface area contributed by atoms with Crippen molar-refractivity contribution in [2.75, 3.05) is 19.5 Å². The molecule has 0 amide bonds. The summed E-state index contributed by atoms with van der Waals surface area (Å²) in [5.74, 6) is 0.779. The number of benzene rings is 1. The molecule has 2 rings (SSSR count). The minimum atomic E-state index is -0.181. The number of fused-ring (bicyclic) bond motifs is 1. The van der Waals surface area contributed by atoms with Gasteiger partial charge in [-0.3, -0.25) is 4.79 Å². The Labute approximate surface area is 101 Å². The Bertz CT molecular complexity index is 431. The van der Waals surface area contributed by atoms with Gasteiger partial charge in [0.1, 0.15) is 5.75 Å². The van der Waals surface area contributed by atoms with Gasteiger partial charge in [-0.25, -0.2) is 0 Å². The SMILES string of the molecule is COC(=O)CC1c2cc(OC)ccc2NC1C. The molecule has 0 fully saturated rings. The maximum atomic E-state index is 11.4. The van der Waals surface area contributed by atoms with Gasteiger partial charge < -0.3 is 14.8 Å². The van der Waals surface area contributed by atoms with Gasteiger partial charge >= 0.3 is 5.97 Å². The molecule has 1 aliphatic heterocycles. The lowest BCUT2D eigenvalue weighted by atomic mass is 9.92. The summed E-state index contributed by atoms with van der Waals surface area (Å²) in [5.41, 5.74) is 2.20. The summed E-state index contributed by atoms with van der Waals surface area (Å²) in [6.45, 7) is 2.07. The van der Waals surface area contributed by atoms with Gasteiger partial charge in [-0.05, 0) is 30.7 Å². The molecule has 0 aromatic heterocycles. The lowest BCUT2D eigenvalue weighted by Crippen LogP contribution is -2.19. The maximum absolute atomic E-state index is 11.4. The first-order chi connectivity index (χ1) is 8.15. The zero-order chi connectivity index (χ0) is 12.4. The number of methoxy groups -OCH3 is 2. The molecule has 4 nitrogen and oxygen atoms in total. The smallest absolute Gasteiger partial charge is 0.306 e. The average Bonchev–Trinajstić information content (AvgIpc) is 2.65. The molecule has 0 spiro atoms. The van der Waals surface area contributed by atoms with Crippen LogP contribution in [0, 0.1) is 0 Å². The lowest BCUT2D eigenvalue weighted by Gasteiger charge is -2.14. The van der Waals surface area contributed by atoms with Crippen molar-refractivity contribution in [1.82, 2.24) is 0 Å². The number of ether oxygens (including phenoxy) is 2. The van der Waals surface area contributed by atoms with Crippen LogP contribution in [-0.2, 0) is 9.53 Å². The van der Waals surface area contributed by atoms with Gasteiger partial charge in [-0.15, -0.1) is 0 Å². The van der Waals surface area contributed by atoms with Crippen molar-refractivity contribution >= 4 is 11.7 Å². The van der Waals surface area contributed by atoms with Gasteiger partial charge in [0.05, 0.1) is 20.6 Å². The van der Waals surface area contributed by atoms with E-state index in [4.69, 9.17) is 9.47 Å². The van der Waals surface area contributed by atoms with Crippen LogP contribution in [0.25, 0.3) is 0 Å². The zero-order valence-electron chi connectivity index (χ0n) is 10.3. The van der Waals surface area contributed by atoms with Gasteiger partial charge in [0.25, 0.3) is 0 Å².